The van der Waals surface area contributed by atoms with Crippen molar-refractivity contribution >= 4 is 0 Å². The molecule has 0 spiro atoms. The number of hydrogen-bond acceptors (Lipinski definition) is 2. The fraction of sp³-hybridized carbons (Fsp3) is 0.500. The Morgan fingerprint density at radius 2 is 1.87 bits per heavy atom. The fourth-order valence-corrected chi connectivity index (χ4v) is 1.22. The third kappa shape index (κ3) is 5.37. The predicted molar refractivity (Wildman–Crippen MR) is 59.8 cm³/mol. The van der Waals surface area contributed by atoms with Crippen molar-refractivity contribution in [1.82, 2.24) is 0 Å². The minimum atomic E-state index is -0.796. The quantitative estimate of drug-likeness (QED) is 0.764. The van der Waals surface area contributed by atoms with Crippen molar-refractivity contribution in [3.63, 3.8) is 0 Å². The summed E-state index contributed by atoms with van der Waals surface area (Å²) in [5.74, 6) is 0.551. The minimum absolute atomic E-state index is 0.518. The average molecular weight is 214 g/mol. The van der Waals surface area contributed by atoms with E-state index in [0.29, 0.717) is 12.4 Å². The van der Waals surface area contributed by atoms with Gasteiger partial charge in [0.25, 0.3) is 0 Å². The molecule has 1 rings (SSSR count). The van der Waals surface area contributed by atoms with Gasteiger partial charge in [-0.15, -0.1) is 0 Å². The van der Waals surface area contributed by atoms with Gasteiger partial charge in [0.15, 0.2) is 0 Å². The zero-order valence-electron chi connectivity index (χ0n) is 9.84. The Morgan fingerprint density at radius 1 is 1.20 bits per heavy atom. The van der Waals surface area contributed by atoms with Gasteiger partial charge in [-0.25, -0.2) is 4.39 Å². The lowest BCUT2D eigenvalue weighted by molar-refractivity contribution is 0.180. The maximum atomic E-state index is 11.9. The summed E-state index contributed by atoms with van der Waals surface area (Å²) in [4.78, 5) is 0. The van der Waals surface area contributed by atoms with Crippen molar-refractivity contribution in [2.75, 3.05) is 14.0 Å². The first kappa shape index (κ1) is 13.9. The van der Waals surface area contributed by atoms with Crippen LogP contribution in [0.5, 0.6) is 5.75 Å². The second kappa shape index (κ2) is 8.24. The van der Waals surface area contributed by atoms with Crippen LogP contribution in [-0.2, 0) is 11.3 Å². The largest absolute Gasteiger partial charge is 0.463 e. The summed E-state index contributed by atoms with van der Waals surface area (Å²) < 4.78 is 21.6. The highest BCUT2D eigenvalue weighted by Crippen LogP contribution is 2.17. The van der Waals surface area contributed by atoms with Crippen molar-refractivity contribution in [1.29, 1.82) is 0 Å². The van der Waals surface area contributed by atoms with Gasteiger partial charge in [-0.1, -0.05) is 19.9 Å². The highest BCUT2D eigenvalue weighted by molar-refractivity contribution is 5.33. The van der Waals surface area contributed by atoms with E-state index >= 15 is 0 Å². The second-order valence-corrected chi connectivity index (χ2v) is 2.84. The van der Waals surface area contributed by atoms with Crippen LogP contribution in [-0.4, -0.2) is 14.0 Å². The molecule has 0 saturated carbocycles. The van der Waals surface area contributed by atoms with Crippen LogP contribution in [0.3, 0.4) is 0 Å². The van der Waals surface area contributed by atoms with Crippen molar-refractivity contribution in [2.24, 2.45) is 0 Å². The molecular formula is C12H19FO2. The van der Waals surface area contributed by atoms with Crippen molar-refractivity contribution in [2.45, 2.75) is 27.4 Å². The van der Waals surface area contributed by atoms with Crippen LogP contribution >= 0.6 is 0 Å². The average Bonchev–Trinajstić information content (AvgIpc) is 2.21. The molecule has 0 saturated heterocycles. The SMILES string of the molecule is CC.COCc1cc(C)cc(OCF)c1. The number of aryl methyl sites for hydroxylation is 1. The molecule has 0 heterocycles. The van der Waals surface area contributed by atoms with Crippen LogP contribution in [0.1, 0.15) is 25.0 Å². The zero-order valence-corrected chi connectivity index (χ0v) is 9.84. The van der Waals surface area contributed by atoms with E-state index in [1.165, 1.54) is 0 Å². The monoisotopic (exact) mass is 214 g/mol. The normalized spacial score (nSPS) is 9.13. The number of rotatable bonds is 4. The van der Waals surface area contributed by atoms with E-state index in [0.717, 1.165) is 11.1 Å². The summed E-state index contributed by atoms with van der Waals surface area (Å²) in [6.45, 7) is 5.66. The minimum Gasteiger partial charge on any atom is -0.463 e. The molecule has 0 aliphatic carbocycles. The maximum Gasteiger partial charge on any atom is 0.228 e. The van der Waals surface area contributed by atoms with Crippen LogP contribution in [0, 0.1) is 6.92 Å². The van der Waals surface area contributed by atoms with E-state index in [4.69, 9.17) is 9.47 Å². The first-order valence-electron chi connectivity index (χ1n) is 5.04. The molecule has 2 nitrogen and oxygen atoms in total. The van der Waals surface area contributed by atoms with Crippen molar-refractivity contribution < 1.29 is 13.9 Å². The van der Waals surface area contributed by atoms with E-state index < -0.39 is 6.86 Å². The predicted octanol–water partition coefficient (Wildman–Crippen LogP) is 3.47. The van der Waals surface area contributed by atoms with Crippen molar-refractivity contribution in [3.8, 4) is 5.75 Å². The van der Waals surface area contributed by atoms with Gasteiger partial charge in [0.05, 0.1) is 6.61 Å². The van der Waals surface area contributed by atoms with Crippen LogP contribution in [0.2, 0.25) is 0 Å². The summed E-state index contributed by atoms with van der Waals surface area (Å²) in [5, 5.41) is 0. The number of ether oxygens (including phenoxy) is 2. The molecule has 0 N–H and O–H groups in total. The molecule has 0 bridgehead atoms. The van der Waals surface area contributed by atoms with Gasteiger partial charge in [0, 0.05) is 7.11 Å². The van der Waals surface area contributed by atoms with E-state index in [9.17, 15) is 4.39 Å². The zero-order chi connectivity index (χ0) is 11.7. The summed E-state index contributed by atoms with van der Waals surface area (Å²) in [7, 11) is 1.62. The highest BCUT2D eigenvalue weighted by atomic mass is 19.1. The third-order valence-corrected chi connectivity index (χ3v) is 1.64. The number of methoxy groups -OCH3 is 1. The number of halogens is 1. The van der Waals surface area contributed by atoms with Crippen LogP contribution in [0.15, 0.2) is 18.2 Å². The highest BCUT2D eigenvalue weighted by Gasteiger charge is 1.98. The second-order valence-electron chi connectivity index (χ2n) is 2.84. The Hall–Kier alpha value is -1.09. The van der Waals surface area contributed by atoms with Crippen LogP contribution in [0.4, 0.5) is 4.39 Å². The maximum absolute atomic E-state index is 11.9. The summed E-state index contributed by atoms with van der Waals surface area (Å²) >= 11 is 0. The van der Waals surface area contributed by atoms with Gasteiger partial charge in [0.1, 0.15) is 5.75 Å². The molecule has 0 fully saturated rings. The first-order chi connectivity index (χ1) is 7.26. The fourth-order valence-electron chi connectivity index (χ4n) is 1.22. The molecule has 0 unspecified atom stereocenters. The number of alkyl halides is 1. The molecule has 0 aliphatic heterocycles. The van der Waals surface area contributed by atoms with Gasteiger partial charge < -0.3 is 9.47 Å². The van der Waals surface area contributed by atoms with Gasteiger partial charge in [-0.2, -0.15) is 0 Å². The van der Waals surface area contributed by atoms with Gasteiger partial charge in [-0.3, -0.25) is 0 Å². The lowest BCUT2D eigenvalue weighted by Gasteiger charge is -2.06. The number of benzene rings is 1. The molecule has 1 aromatic rings. The Bertz CT molecular complexity index is 250. The smallest absolute Gasteiger partial charge is 0.228 e. The van der Waals surface area contributed by atoms with Gasteiger partial charge in [0.2, 0.25) is 6.86 Å². The third-order valence-electron chi connectivity index (χ3n) is 1.64. The van der Waals surface area contributed by atoms with Crippen LogP contribution < -0.4 is 4.74 Å². The Labute approximate surface area is 91.0 Å². The summed E-state index contributed by atoms with van der Waals surface area (Å²) in [5.41, 5.74) is 2.03. The molecule has 86 valence electrons. The van der Waals surface area contributed by atoms with E-state index in [1.807, 2.05) is 26.8 Å². The van der Waals surface area contributed by atoms with E-state index in [1.54, 1.807) is 19.2 Å². The van der Waals surface area contributed by atoms with Crippen molar-refractivity contribution in [3.05, 3.63) is 29.3 Å². The molecule has 15 heavy (non-hydrogen) atoms. The first-order valence-corrected chi connectivity index (χ1v) is 5.04. The summed E-state index contributed by atoms with van der Waals surface area (Å²) in [6, 6.07) is 5.55. The molecular weight excluding hydrogens is 195 g/mol. The molecule has 0 atom stereocenters. The van der Waals surface area contributed by atoms with E-state index in [-0.39, 0.29) is 0 Å². The lowest BCUT2D eigenvalue weighted by atomic mass is 10.1. The topological polar surface area (TPSA) is 18.5 Å². The Balaban J connectivity index is 0.000000921. The lowest BCUT2D eigenvalue weighted by Crippen LogP contribution is -1.94. The van der Waals surface area contributed by atoms with Gasteiger partial charge >= 0.3 is 0 Å². The molecule has 1 aromatic carbocycles. The Kier molecular flexibility index (Phi) is 7.64. The molecule has 0 amide bonds. The standard InChI is InChI=1S/C10H13FO2.C2H6/c1-8-3-9(6-12-2)5-10(4-8)13-7-11;1-2/h3-5H,6-7H2,1-2H3;1-2H3. The molecule has 3 heteroatoms. The Morgan fingerprint density at radius 3 is 2.40 bits per heavy atom. The molecule has 0 radical (unpaired) electrons. The van der Waals surface area contributed by atoms with Gasteiger partial charge in [-0.05, 0) is 30.2 Å². The molecule has 0 aliphatic rings. The summed E-state index contributed by atoms with van der Waals surface area (Å²) in [6.07, 6.45) is 0. The van der Waals surface area contributed by atoms with E-state index in [2.05, 4.69) is 0 Å². The molecule has 0 aromatic heterocycles. The number of hydrogen-bond donors (Lipinski definition) is 0. The van der Waals surface area contributed by atoms with Crippen LogP contribution in [0.25, 0.3) is 0 Å².